The molecular formula is C13H22O7. The van der Waals surface area contributed by atoms with E-state index in [1.807, 2.05) is 13.8 Å². The van der Waals surface area contributed by atoms with E-state index in [4.69, 9.17) is 14.4 Å². The van der Waals surface area contributed by atoms with Crippen LogP contribution in [0.4, 0.5) is 4.79 Å². The molecule has 0 heterocycles. The Morgan fingerprint density at radius 1 is 1.10 bits per heavy atom. The molecule has 0 N–H and O–H groups in total. The van der Waals surface area contributed by atoms with Gasteiger partial charge in [0.05, 0.1) is 0 Å². The van der Waals surface area contributed by atoms with Crippen molar-refractivity contribution in [2.24, 2.45) is 5.92 Å². The first-order valence-corrected chi connectivity index (χ1v) is 6.11. The van der Waals surface area contributed by atoms with Crippen molar-refractivity contribution < 1.29 is 33.9 Å². The Balaban J connectivity index is 4.18. The monoisotopic (exact) mass is 290 g/mol. The summed E-state index contributed by atoms with van der Waals surface area (Å²) < 4.78 is 9.50. The summed E-state index contributed by atoms with van der Waals surface area (Å²) in [5, 5.41) is 4.36. The quantitative estimate of drug-likeness (QED) is 0.234. The lowest BCUT2D eigenvalue weighted by Crippen LogP contribution is -2.35. The van der Waals surface area contributed by atoms with Crippen LogP contribution in [0.5, 0.6) is 0 Å². The fourth-order valence-corrected chi connectivity index (χ4v) is 0.751. The molecule has 0 aliphatic heterocycles. The number of rotatable bonds is 7. The van der Waals surface area contributed by atoms with Gasteiger partial charge in [-0.1, -0.05) is 20.4 Å². The minimum absolute atomic E-state index is 0.132. The van der Waals surface area contributed by atoms with Crippen molar-refractivity contribution in [1.82, 2.24) is 0 Å². The molecule has 0 aromatic rings. The second-order valence-electron chi connectivity index (χ2n) is 5.37. The van der Waals surface area contributed by atoms with E-state index in [9.17, 15) is 9.59 Å². The van der Waals surface area contributed by atoms with Gasteiger partial charge in [-0.15, -0.1) is 0 Å². The van der Waals surface area contributed by atoms with Gasteiger partial charge < -0.3 is 9.47 Å². The third-order valence-corrected chi connectivity index (χ3v) is 2.58. The molecule has 0 atom stereocenters. The van der Waals surface area contributed by atoms with Gasteiger partial charge in [0.2, 0.25) is 0 Å². The molecule has 7 nitrogen and oxygen atoms in total. The van der Waals surface area contributed by atoms with Gasteiger partial charge >= 0.3 is 12.1 Å². The number of ether oxygens (including phenoxy) is 2. The molecule has 116 valence electrons. The minimum Gasteiger partial charge on any atom is -0.420 e. The second-order valence-corrected chi connectivity index (χ2v) is 5.37. The van der Waals surface area contributed by atoms with Crippen molar-refractivity contribution in [2.75, 3.05) is 0 Å². The van der Waals surface area contributed by atoms with E-state index in [1.54, 1.807) is 13.8 Å². The van der Waals surface area contributed by atoms with Gasteiger partial charge in [-0.05, 0) is 24.8 Å². The van der Waals surface area contributed by atoms with Crippen molar-refractivity contribution >= 4 is 12.1 Å². The first kappa shape index (κ1) is 18.4. The average molecular weight is 290 g/mol. The Hall–Kier alpha value is -1.60. The zero-order valence-electron chi connectivity index (χ0n) is 12.7. The third-order valence-electron chi connectivity index (χ3n) is 2.58. The zero-order valence-corrected chi connectivity index (χ0v) is 12.7. The van der Waals surface area contributed by atoms with Crippen LogP contribution in [0.1, 0.15) is 41.5 Å². The van der Waals surface area contributed by atoms with Crippen LogP contribution in [0.15, 0.2) is 12.7 Å². The highest BCUT2D eigenvalue weighted by Crippen LogP contribution is 2.21. The highest BCUT2D eigenvalue weighted by Gasteiger charge is 2.30. The predicted molar refractivity (Wildman–Crippen MR) is 69.0 cm³/mol. The fraction of sp³-hybridized carbons (Fsp3) is 0.692. The van der Waals surface area contributed by atoms with Gasteiger partial charge in [0.25, 0.3) is 5.79 Å². The van der Waals surface area contributed by atoms with E-state index in [2.05, 4.69) is 16.5 Å². The average Bonchev–Trinajstić information content (AvgIpc) is 2.26. The van der Waals surface area contributed by atoms with E-state index in [0.717, 1.165) is 6.08 Å². The molecule has 0 aromatic heterocycles. The summed E-state index contributed by atoms with van der Waals surface area (Å²) in [4.78, 5) is 31.5. The third kappa shape index (κ3) is 7.10. The van der Waals surface area contributed by atoms with Crippen LogP contribution in [0.3, 0.4) is 0 Å². The lowest BCUT2D eigenvalue weighted by atomic mass is 9.95. The molecule has 0 amide bonds. The first-order chi connectivity index (χ1) is 9.00. The SMILES string of the molecule is C=CC(=O)OC(C)(C)OC(=O)OOOC(C)(C)C(C)C. The molecule has 0 rings (SSSR count). The summed E-state index contributed by atoms with van der Waals surface area (Å²) >= 11 is 0. The largest absolute Gasteiger partial charge is 0.545 e. The summed E-state index contributed by atoms with van der Waals surface area (Å²) in [6.07, 6.45) is -0.257. The van der Waals surface area contributed by atoms with E-state index < -0.39 is 23.5 Å². The maximum atomic E-state index is 11.3. The van der Waals surface area contributed by atoms with Crippen LogP contribution >= 0.6 is 0 Å². The zero-order chi connectivity index (χ0) is 16.0. The molecule has 7 heteroatoms. The molecule has 0 aliphatic rings. The smallest absolute Gasteiger partial charge is 0.420 e. The summed E-state index contributed by atoms with van der Waals surface area (Å²) in [6.45, 7) is 13.3. The molecule has 0 spiro atoms. The number of hydrogen-bond donors (Lipinski definition) is 0. The van der Waals surface area contributed by atoms with E-state index in [-0.39, 0.29) is 5.92 Å². The van der Waals surface area contributed by atoms with Crippen molar-refractivity contribution in [3.8, 4) is 0 Å². The van der Waals surface area contributed by atoms with E-state index in [1.165, 1.54) is 13.8 Å². The fourth-order valence-electron chi connectivity index (χ4n) is 0.751. The lowest BCUT2D eigenvalue weighted by Gasteiger charge is -2.26. The number of carbonyl (C=O) groups excluding carboxylic acids is 2. The van der Waals surface area contributed by atoms with Gasteiger partial charge in [-0.3, -0.25) is 0 Å². The summed E-state index contributed by atoms with van der Waals surface area (Å²) in [6, 6.07) is 0. The maximum absolute atomic E-state index is 11.3. The van der Waals surface area contributed by atoms with Gasteiger partial charge in [0, 0.05) is 19.9 Å². The summed E-state index contributed by atoms with van der Waals surface area (Å²) in [5.41, 5.74) is -0.648. The Bertz CT molecular complexity index is 358. The predicted octanol–water partition coefficient (Wildman–Crippen LogP) is 2.90. The summed E-state index contributed by atoms with van der Waals surface area (Å²) in [5.74, 6) is -2.12. The highest BCUT2D eigenvalue weighted by molar-refractivity contribution is 5.81. The van der Waals surface area contributed by atoms with E-state index in [0.29, 0.717) is 0 Å². The molecule has 20 heavy (non-hydrogen) atoms. The lowest BCUT2D eigenvalue weighted by molar-refractivity contribution is -0.522. The molecule has 0 fully saturated rings. The topological polar surface area (TPSA) is 80.3 Å². The molecule has 0 unspecified atom stereocenters. The standard InChI is InChI=1S/C13H22O7/c1-8-10(14)16-13(6,7)17-11(15)18-20-19-12(4,5)9(2)3/h8-9H,1H2,2-7H3. The van der Waals surface area contributed by atoms with Crippen LogP contribution in [-0.4, -0.2) is 23.5 Å². The molecule has 0 aromatic carbocycles. The Kier molecular flexibility index (Phi) is 6.67. The number of carbonyl (C=O) groups is 2. The summed E-state index contributed by atoms with van der Waals surface area (Å²) in [7, 11) is 0. The van der Waals surface area contributed by atoms with E-state index >= 15 is 0 Å². The van der Waals surface area contributed by atoms with Crippen LogP contribution in [0.2, 0.25) is 0 Å². The van der Waals surface area contributed by atoms with Crippen molar-refractivity contribution in [1.29, 1.82) is 0 Å². The van der Waals surface area contributed by atoms with Gasteiger partial charge in [-0.25, -0.2) is 14.5 Å². The Morgan fingerprint density at radius 2 is 1.65 bits per heavy atom. The molecular weight excluding hydrogens is 268 g/mol. The first-order valence-electron chi connectivity index (χ1n) is 6.11. The highest BCUT2D eigenvalue weighted by atomic mass is 17.5. The number of hydrogen-bond acceptors (Lipinski definition) is 7. The van der Waals surface area contributed by atoms with Crippen LogP contribution in [0.25, 0.3) is 0 Å². The van der Waals surface area contributed by atoms with Crippen molar-refractivity contribution in [3.63, 3.8) is 0 Å². The second kappa shape index (κ2) is 7.25. The Labute approximate surface area is 118 Å². The van der Waals surface area contributed by atoms with Gasteiger partial charge in [-0.2, -0.15) is 4.89 Å². The molecule has 0 saturated carbocycles. The normalized spacial score (nSPS) is 11.9. The van der Waals surface area contributed by atoms with Crippen LogP contribution < -0.4 is 0 Å². The number of esters is 1. The van der Waals surface area contributed by atoms with Crippen molar-refractivity contribution in [3.05, 3.63) is 12.7 Å². The molecule has 0 saturated heterocycles. The minimum atomic E-state index is -1.51. The molecule has 0 radical (unpaired) electrons. The van der Waals surface area contributed by atoms with Crippen LogP contribution in [-0.2, 0) is 29.1 Å². The van der Waals surface area contributed by atoms with Crippen LogP contribution in [0, 0.1) is 5.92 Å². The Morgan fingerprint density at radius 3 is 2.10 bits per heavy atom. The maximum Gasteiger partial charge on any atom is 0.545 e. The van der Waals surface area contributed by atoms with Gasteiger partial charge in [0.1, 0.15) is 5.60 Å². The molecule has 0 aliphatic carbocycles. The van der Waals surface area contributed by atoms with Crippen molar-refractivity contribution in [2.45, 2.75) is 52.9 Å². The van der Waals surface area contributed by atoms with Gasteiger partial charge in [0.15, 0.2) is 0 Å². The molecule has 0 bridgehead atoms.